The van der Waals surface area contributed by atoms with Crippen LogP contribution in [0.5, 0.6) is 0 Å². The van der Waals surface area contributed by atoms with Gasteiger partial charge in [-0.1, -0.05) is 31.5 Å². The van der Waals surface area contributed by atoms with Gasteiger partial charge < -0.3 is 0 Å². The van der Waals surface area contributed by atoms with Crippen molar-refractivity contribution in [2.24, 2.45) is 0 Å². The Balaban J connectivity index is 2.84. The second kappa shape index (κ2) is 7.28. The lowest BCUT2D eigenvalue weighted by molar-refractivity contribution is -0.384. The van der Waals surface area contributed by atoms with Gasteiger partial charge in [-0.25, -0.2) is 4.98 Å². The van der Waals surface area contributed by atoms with Crippen LogP contribution >= 0.6 is 11.6 Å². The Labute approximate surface area is 145 Å². The molecule has 3 N–H and O–H groups in total. The standard InChI is InChI=1S/C17H17ClN4O2/c1-3-5-14-11(4-2)16(12(9-19)17(20)21-14)10-6-7-13(18)15(8-10)22(23)24/h6-8H,3-5H2,1-2H3,(H2,20,21)/p+1. The number of hydrogen-bond acceptors (Lipinski definition) is 4. The van der Waals surface area contributed by atoms with Crippen molar-refractivity contribution < 1.29 is 9.91 Å². The second-order valence-corrected chi connectivity index (χ2v) is 5.79. The molecule has 6 nitrogen and oxygen atoms in total. The van der Waals surface area contributed by atoms with Gasteiger partial charge in [0.25, 0.3) is 11.5 Å². The first-order valence-electron chi connectivity index (χ1n) is 7.65. The molecule has 0 saturated heterocycles. The van der Waals surface area contributed by atoms with E-state index in [-0.39, 0.29) is 16.5 Å². The van der Waals surface area contributed by atoms with E-state index in [9.17, 15) is 15.4 Å². The topological polar surface area (TPSA) is 107 Å². The molecular weight excluding hydrogens is 328 g/mol. The van der Waals surface area contributed by atoms with Crippen LogP contribution in [0.25, 0.3) is 11.1 Å². The zero-order chi connectivity index (χ0) is 17.9. The Morgan fingerprint density at radius 1 is 1.42 bits per heavy atom. The van der Waals surface area contributed by atoms with E-state index in [0.717, 1.165) is 24.1 Å². The predicted octanol–water partition coefficient (Wildman–Crippen LogP) is 3.70. The van der Waals surface area contributed by atoms with Crippen LogP contribution in [-0.4, -0.2) is 4.92 Å². The molecule has 0 saturated carbocycles. The molecule has 0 spiro atoms. The van der Waals surface area contributed by atoms with Crippen LogP contribution in [-0.2, 0) is 12.8 Å². The van der Waals surface area contributed by atoms with Gasteiger partial charge in [-0.15, -0.1) is 0 Å². The number of nitrogen functional groups attached to an aromatic ring is 1. The number of nitrogens with one attached hydrogen (secondary N) is 1. The predicted molar refractivity (Wildman–Crippen MR) is 92.6 cm³/mol. The molecule has 0 unspecified atom stereocenters. The van der Waals surface area contributed by atoms with Crippen molar-refractivity contribution in [1.82, 2.24) is 0 Å². The number of halogens is 1. The number of nitro groups is 1. The minimum atomic E-state index is -0.533. The molecule has 0 aliphatic carbocycles. The molecule has 2 aromatic rings. The summed E-state index contributed by atoms with van der Waals surface area (Å²) in [6, 6.07) is 6.66. The van der Waals surface area contributed by atoms with Gasteiger partial charge in [-0.3, -0.25) is 15.8 Å². The van der Waals surface area contributed by atoms with Crippen LogP contribution in [0.2, 0.25) is 5.02 Å². The van der Waals surface area contributed by atoms with Crippen molar-refractivity contribution in [3.8, 4) is 17.2 Å². The van der Waals surface area contributed by atoms with Gasteiger partial charge in [0.15, 0.2) is 0 Å². The van der Waals surface area contributed by atoms with Gasteiger partial charge >= 0.3 is 0 Å². The highest BCUT2D eigenvalue weighted by molar-refractivity contribution is 6.32. The van der Waals surface area contributed by atoms with E-state index in [0.29, 0.717) is 23.1 Å². The van der Waals surface area contributed by atoms with E-state index < -0.39 is 4.92 Å². The third-order valence-electron chi connectivity index (χ3n) is 3.87. The number of rotatable bonds is 5. The lowest BCUT2D eigenvalue weighted by Crippen LogP contribution is -2.22. The van der Waals surface area contributed by atoms with Crippen molar-refractivity contribution in [3.63, 3.8) is 0 Å². The van der Waals surface area contributed by atoms with Crippen LogP contribution in [0.4, 0.5) is 11.5 Å². The summed E-state index contributed by atoms with van der Waals surface area (Å²) < 4.78 is 0. The summed E-state index contributed by atoms with van der Waals surface area (Å²) in [5.41, 5.74) is 9.21. The molecule has 0 fully saturated rings. The number of H-pyrrole nitrogens is 1. The van der Waals surface area contributed by atoms with Crippen LogP contribution in [0.3, 0.4) is 0 Å². The summed E-state index contributed by atoms with van der Waals surface area (Å²) in [6.45, 7) is 4.03. The number of anilines is 1. The first kappa shape index (κ1) is 17.7. The number of nitrogens with two attached hydrogens (primary N) is 1. The van der Waals surface area contributed by atoms with E-state index in [4.69, 9.17) is 17.3 Å². The number of nitriles is 1. The number of nitro benzene ring substituents is 1. The highest BCUT2D eigenvalue weighted by Gasteiger charge is 2.24. The monoisotopic (exact) mass is 345 g/mol. The smallest absolute Gasteiger partial charge is 0.286 e. The number of pyridine rings is 1. The molecule has 24 heavy (non-hydrogen) atoms. The first-order chi connectivity index (χ1) is 11.4. The molecule has 0 radical (unpaired) electrons. The van der Waals surface area contributed by atoms with Crippen LogP contribution in [0.15, 0.2) is 18.2 Å². The summed E-state index contributed by atoms with van der Waals surface area (Å²) in [5, 5.41) is 20.8. The van der Waals surface area contributed by atoms with Gasteiger partial charge in [0.1, 0.15) is 22.3 Å². The van der Waals surface area contributed by atoms with Gasteiger partial charge in [0.05, 0.1) is 4.92 Å². The lowest BCUT2D eigenvalue weighted by Gasteiger charge is -2.14. The molecule has 0 aliphatic heterocycles. The molecule has 1 heterocycles. The average Bonchev–Trinajstić information content (AvgIpc) is 2.55. The molecular formula is C17H18ClN4O2+. The quantitative estimate of drug-likeness (QED) is 0.658. The molecule has 1 aromatic carbocycles. The fraction of sp³-hybridized carbons (Fsp3) is 0.294. The molecule has 0 aliphatic rings. The molecule has 0 atom stereocenters. The van der Waals surface area contributed by atoms with Crippen molar-refractivity contribution in [2.45, 2.75) is 33.1 Å². The zero-order valence-corrected chi connectivity index (χ0v) is 14.3. The average molecular weight is 346 g/mol. The molecule has 1 aromatic heterocycles. The molecule has 2 rings (SSSR count). The van der Waals surface area contributed by atoms with E-state index in [1.807, 2.05) is 6.92 Å². The third kappa shape index (κ3) is 3.17. The normalized spacial score (nSPS) is 10.4. The van der Waals surface area contributed by atoms with E-state index in [2.05, 4.69) is 18.0 Å². The largest absolute Gasteiger partial charge is 0.289 e. The second-order valence-electron chi connectivity index (χ2n) is 5.38. The van der Waals surface area contributed by atoms with E-state index in [1.165, 1.54) is 12.1 Å². The number of aryl methyl sites for hydroxylation is 1. The van der Waals surface area contributed by atoms with Gasteiger partial charge in [0.2, 0.25) is 0 Å². The summed E-state index contributed by atoms with van der Waals surface area (Å²) in [5.74, 6) is 0.269. The minimum absolute atomic E-state index is 0.0598. The van der Waals surface area contributed by atoms with Crippen molar-refractivity contribution >= 4 is 23.1 Å². The van der Waals surface area contributed by atoms with Gasteiger partial charge in [-0.05, 0) is 24.5 Å². The maximum atomic E-state index is 11.2. The van der Waals surface area contributed by atoms with E-state index >= 15 is 0 Å². The van der Waals surface area contributed by atoms with Crippen LogP contribution in [0, 0.1) is 21.4 Å². The van der Waals surface area contributed by atoms with Crippen LogP contribution < -0.4 is 10.7 Å². The third-order valence-corrected chi connectivity index (χ3v) is 4.19. The number of aromatic amines is 1. The summed E-state index contributed by atoms with van der Waals surface area (Å²) >= 11 is 5.90. The Bertz CT molecular complexity index is 843. The van der Waals surface area contributed by atoms with Crippen molar-refractivity contribution in [2.75, 3.05) is 5.73 Å². The Kier molecular flexibility index (Phi) is 5.37. The number of hydrogen-bond donors (Lipinski definition) is 1. The Morgan fingerprint density at radius 2 is 2.12 bits per heavy atom. The van der Waals surface area contributed by atoms with Gasteiger partial charge in [0, 0.05) is 23.6 Å². The fourth-order valence-electron chi connectivity index (χ4n) is 2.83. The highest BCUT2D eigenvalue weighted by atomic mass is 35.5. The summed E-state index contributed by atoms with van der Waals surface area (Å²) in [7, 11) is 0. The number of benzene rings is 1. The van der Waals surface area contributed by atoms with E-state index in [1.54, 1.807) is 6.07 Å². The van der Waals surface area contributed by atoms with Crippen LogP contribution in [0.1, 0.15) is 37.1 Å². The maximum absolute atomic E-state index is 11.2. The highest BCUT2D eigenvalue weighted by Crippen LogP contribution is 2.35. The Hall–Kier alpha value is -2.65. The number of nitrogens with zero attached hydrogens (tertiary/aromatic N) is 2. The molecule has 0 bridgehead atoms. The minimum Gasteiger partial charge on any atom is -0.286 e. The van der Waals surface area contributed by atoms with Crippen molar-refractivity contribution in [3.05, 3.63) is 50.2 Å². The van der Waals surface area contributed by atoms with Gasteiger partial charge in [-0.2, -0.15) is 5.26 Å². The van der Waals surface area contributed by atoms with Crippen molar-refractivity contribution in [1.29, 1.82) is 5.26 Å². The number of aromatic nitrogens is 1. The fourth-order valence-corrected chi connectivity index (χ4v) is 3.02. The molecule has 7 heteroatoms. The lowest BCUT2D eigenvalue weighted by atomic mass is 9.91. The first-order valence-corrected chi connectivity index (χ1v) is 8.03. The summed E-state index contributed by atoms with van der Waals surface area (Å²) in [4.78, 5) is 13.7. The SMILES string of the molecule is CCCc1[nH+]c(N)c(C#N)c(-c2ccc(Cl)c([N+](=O)[O-])c2)c1CC. The molecule has 0 amide bonds. The zero-order valence-electron chi connectivity index (χ0n) is 13.5. The molecule has 124 valence electrons. The summed E-state index contributed by atoms with van der Waals surface area (Å²) in [6.07, 6.45) is 2.36. The maximum Gasteiger partial charge on any atom is 0.289 e. The Morgan fingerprint density at radius 3 is 2.67 bits per heavy atom.